The molecule has 0 aromatic heterocycles. The number of esters is 4. The number of methoxy groups -OCH3 is 1. The van der Waals surface area contributed by atoms with E-state index in [1.54, 1.807) is 0 Å². The highest BCUT2D eigenvalue weighted by atomic mass is 16.5. The molecule has 51 heavy (non-hydrogen) atoms. The Kier molecular flexibility index (Phi) is 39.0. The maximum atomic E-state index is 12.0. The number of hydrogen-bond donors (Lipinski definition) is 0. The van der Waals surface area contributed by atoms with Crippen molar-refractivity contribution in [2.24, 2.45) is 0 Å². The van der Waals surface area contributed by atoms with Crippen LogP contribution in [0.1, 0.15) is 225 Å². The topological polar surface area (TPSA) is 105 Å². The predicted molar refractivity (Wildman–Crippen MR) is 208 cm³/mol. The van der Waals surface area contributed by atoms with Gasteiger partial charge in [0, 0.05) is 25.7 Å². The van der Waals surface area contributed by atoms with E-state index in [-0.39, 0.29) is 23.9 Å². The Bertz CT molecular complexity index is 799. The van der Waals surface area contributed by atoms with Gasteiger partial charge in [0.1, 0.15) is 0 Å². The molecule has 0 unspecified atom stereocenters. The van der Waals surface area contributed by atoms with Gasteiger partial charge in [-0.05, 0) is 57.8 Å². The Labute approximate surface area is 313 Å². The average molecular weight is 725 g/mol. The zero-order chi connectivity index (χ0) is 37.3. The first kappa shape index (κ1) is 48.9. The second-order valence-corrected chi connectivity index (χ2v) is 14.5. The van der Waals surface area contributed by atoms with Gasteiger partial charge >= 0.3 is 23.9 Å². The lowest BCUT2D eigenvalue weighted by molar-refractivity contribution is -0.145. The number of ether oxygens (including phenoxy) is 4. The van der Waals surface area contributed by atoms with Crippen molar-refractivity contribution in [3.63, 3.8) is 0 Å². The van der Waals surface area contributed by atoms with Gasteiger partial charge < -0.3 is 18.9 Å². The predicted octanol–water partition coefficient (Wildman–Crippen LogP) is 12.1. The number of rotatable bonds is 40. The Balaban J connectivity index is 3.31. The Hall–Kier alpha value is -2.12. The van der Waals surface area contributed by atoms with E-state index < -0.39 is 0 Å². The summed E-state index contributed by atoms with van der Waals surface area (Å²) in [6.45, 7) is 3.78. The molecule has 0 spiro atoms. The van der Waals surface area contributed by atoms with Crippen molar-refractivity contribution < 1.29 is 38.1 Å². The standard InChI is InChI=1S/C43H80O8/c1-3-4-5-6-7-8-13-18-23-30-37-49-41(45)34-27-21-16-11-12-17-22-29-36-43(47)51-39-32-25-24-31-38-50-42(46)35-28-20-15-10-9-14-19-26-33-40(44)48-2/h3-39H2,1-2H3. The molecule has 0 aromatic rings. The maximum absolute atomic E-state index is 12.0. The van der Waals surface area contributed by atoms with E-state index in [1.807, 2.05) is 0 Å². The number of hydrogen-bond acceptors (Lipinski definition) is 8. The second-order valence-electron chi connectivity index (χ2n) is 14.5. The normalized spacial score (nSPS) is 11.0. The fraction of sp³-hybridized carbons (Fsp3) is 0.907. The first-order chi connectivity index (χ1) is 25.0. The zero-order valence-electron chi connectivity index (χ0n) is 33.4. The summed E-state index contributed by atoms with van der Waals surface area (Å²) in [5, 5.41) is 0. The van der Waals surface area contributed by atoms with Gasteiger partial charge in [0.2, 0.25) is 0 Å². The van der Waals surface area contributed by atoms with Crippen LogP contribution in [0.5, 0.6) is 0 Å². The monoisotopic (exact) mass is 725 g/mol. The average Bonchev–Trinajstić information content (AvgIpc) is 3.13. The first-order valence-electron chi connectivity index (χ1n) is 21.5. The van der Waals surface area contributed by atoms with Gasteiger partial charge in [-0.25, -0.2) is 0 Å². The van der Waals surface area contributed by atoms with Crippen LogP contribution in [0.3, 0.4) is 0 Å². The molecule has 300 valence electrons. The van der Waals surface area contributed by atoms with E-state index in [1.165, 1.54) is 90.6 Å². The molecule has 0 rings (SSSR count). The molecule has 0 atom stereocenters. The van der Waals surface area contributed by atoms with Crippen LogP contribution in [0.25, 0.3) is 0 Å². The van der Waals surface area contributed by atoms with Gasteiger partial charge in [-0.3, -0.25) is 19.2 Å². The number of carbonyl (C=O) groups excluding carboxylic acids is 4. The van der Waals surface area contributed by atoms with Crippen LogP contribution in [0.15, 0.2) is 0 Å². The van der Waals surface area contributed by atoms with Gasteiger partial charge in [0.05, 0.1) is 26.9 Å². The van der Waals surface area contributed by atoms with E-state index in [2.05, 4.69) is 11.7 Å². The molecule has 0 aliphatic rings. The lowest BCUT2D eigenvalue weighted by atomic mass is 10.1. The lowest BCUT2D eigenvalue weighted by Crippen LogP contribution is -2.07. The summed E-state index contributed by atoms with van der Waals surface area (Å²) in [4.78, 5) is 46.9. The van der Waals surface area contributed by atoms with Crippen molar-refractivity contribution >= 4 is 23.9 Å². The first-order valence-corrected chi connectivity index (χ1v) is 21.5. The molecular weight excluding hydrogens is 644 g/mol. The van der Waals surface area contributed by atoms with Crippen LogP contribution < -0.4 is 0 Å². The fourth-order valence-electron chi connectivity index (χ4n) is 6.22. The SMILES string of the molecule is CCCCCCCCCCCCOC(=O)CCCCCCCCCCC(=O)OCCCCCCOC(=O)CCCCCCCCCCC(=O)OC. The quantitative estimate of drug-likeness (QED) is 0.0349. The Morgan fingerprint density at radius 1 is 0.294 bits per heavy atom. The van der Waals surface area contributed by atoms with Gasteiger partial charge in [0.15, 0.2) is 0 Å². The van der Waals surface area contributed by atoms with Gasteiger partial charge in [-0.2, -0.15) is 0 Å². The third-order valence-corrected chi connectivity index (χ3v) is 9.58. The van der Waals surface area contributed by atoms with Crippen molar-refractivity contribution in [3.8, 4) is 0 Å². The summed E-state index contributed by atoms with van der Waals surface area (Å²) in [5.74, 6) is -0.364. The Morgan fingerprint density at radius 2 is 0.510 bits per heavy atom. The van der Waals surface area contributed by atoms with Crippen LogP contribution >= 0.6 is 0 Å². The second kappa shape index (κ2) is 40.6. The third kappa shape index (κ3) is 40.5. The van der Waals surface area contributed by atoms with Crippen molar-refractivity contribution in [1.82, 2.24) is 0 Å². The summed E-state index contributed by atoms with van der Waals surface area (Å²) in [7, 11) is 1.43. The van der Waals surface area contributed by atoms with Crippen molar-refractivity contribution in [2.45, 2.75) is 225 Å². The molecular formula is C43H80O8. The molecule has 0 heterocycles. The highest BCUT2D eigenvalue weighted by Crippen LogP contribution is 2.14. The van der Waals surface area contributed by atoms with Crippen LogP contribution in [0.2, 0.25) is 0 Å². The molecule has 8 heteroatoms. The molecule has 0 N–H and O–H groups in total. The largest absolute Gasteiger partial charge is 0.469 e. The highest BCUT2D eigenvalue weighted by Gasteiger charge is 2.06. The molecule has 0 saturated heterocycles. The fourth-order valence-corrected chi connectivity index (χ4v) is 6.22. The van der Waals surface area contributed by atoms with E-state index >= 15 is 0 Å². The molecule has 0 aromatic carbocycles. The van der Waals surface area contributed by atoms with Gasteiger partial charge in [0.25, 0.3) is 0 Å². The molecule has 0 amide bonds. The summed E-state index contributed by atoms with van der Waals surface area (Å²) in [5.41, 5.74) is 0. The zero-order valence-corrected chi connectivity index (χ0v) is 33.4. The summed E-state index contributed by atoms with van der Waals surface area (Å²) in [6.07, 6.45) is 35.7. The third-order valence-electron chi connectivity index (χ3n) is 9.58. The highest BCUT2D eigenvalue weighted by molar-refractivity contribution is 5.70. The minimum atomic E-state index is -0.126. The summed E-state index contributed by atoms with van der Waals surface area (Å²) >= 11 is 0. The van der Waals surface area contributed by atoms with Crippen LogP contribution in [0, 0.1) is 0 Å². The molecule has 0 aliphatic heterocycles. The summed E-state index contributed by atoms with van der Waals surface area (Å²) < 4.78 is 20.8. The minimum Gasteiger partial charge on any atom is -0.469 e. The molecule has 0 bridgehead atoms. The van der Waals surface area contributed by atoms with E-state index in [0.717, 1.165) is 109 Å². The molecule has 0 fully saturated rings. The lowest BCUT2D eigenvalue weighted by Gasteiger charge is -2.07. The number of carbonyl (C=O) groups is 4. The van der Waals surface area contributed by atoms with Crippen LogP contribution in [-0.4, -0.2) is 50.8 Å². The molecule has 0 radical (unpaired) electrons. The molecule has 0 aliphatic carbocycles. The van der Waals surface area contributed by atoms with Crippen LogP contribution in [0.4, 0.5) is 0 Å². The van der Waals surface area contributed by atoms with Gasteiger partial charge in [-0.1, -0.05) is 142 Å². The Morgan fingerprint density at radius 3 is 0.765 bits per heavy atom. The maximum Gasteiger partial charge on any atom is 0.305 e. The van der Waals surface area contributed by atoms with Gasteiger partial charge in [-0.15, -0.1) is 0 Å². The molecule has 8 nitrogen and oxygen atoms in total. The molecule has 0 saturated carbocycles. The van der Waals surface area contributed by atoms with Crippen molar-refractivity contribution in [3.05, 3.63) is 0 Å². The van der Waals surface area contributed by atoms with Crippen molar-refractivity contribution in [2.75, 3.05) is 26.9 Å². The van der Waals surface area contributed by atoms with Crippen molar-refractivity contribution in [1.29, 1.82) is 0 Å². The van der Waals surface area contributed by atoms with Crippen LogP contribution in [-0.2, 0) is 38.1 Å². The van der Waals surface area contributed by atoms with E-state index in [4.69, 9.17) is 14.2 Å². The minimum absolute atomic E-state index is 0.0388. The smallest absolute Gasteiger partial charge is 0.305 e. The number of unbranched alkanes of at least 4 members (excludes halogenated alkanes) is 26. The van der Waals surface area contributed by atoms with E-state index in [9.17, 15) is 19.2 Å². The van der Waals surface area contributed by atoms with E-state index in [0.29, 0.717) is 45.5 Å². The summed E-state index contributed by atoms with van der Waals surface area (Å²) in [6, 6.07) is 0.